The number of hydrogen-bond donors (Lipinski definition) is 4. The number of nitrogens with zero attached hydrogens (tertiary/aromatic N) is 1. The molecular weight excluding hydrogens is 467 g/mol. The third-order valence-corrected chi connectivity index (χ3v) is 6.06. The van der Waals surface area contributed by atoms with E-state index in [0.717, 1.165) is 21.4 Å². The number of imide groups is 1. The van der Waals surface area contributed by atoms with E-state index in [-0.39, 0.29) is 18.8 Å². The number of carbonyl (C=O) groups excluding carboxylic acids is 3. The fraction of sp³-hybridized carbons (Fsp3) is 0.174. The second kappa shape index (κ2) is 9.27. The molecule has 4 N–H and O–H groups in total. The van der Waals surface area contributed by atoms with Crippen molar-refractivity contribution in [2.45, 2.75) is 13.0 Å². The Kier molecular flexibility index (Phi) is 6.42. The molecular formula is C23H20Cl2N4O4. The Hall–Kier alpha value is -3.33. The van der Waals surface area contributed by atoms with Gasteiger partial charge in [0.1, 0.15) is 11.7 Å². The van der Waals surface area contributed by atoms with Crippen molar-refractivity contribution in [1.29, 1.82) is 0 Å². The summed E-state index contributed by atoms with van der Waals surface area (Å²) in [5, 5.41) is 16.0. The number of aliphatic hydroxyl groups excluding tert-OH is 1. The number of rotatable bonds is 6. The number of H-pyrrole nitrogens is 1. The van der Waals surface area contributed by atoms with E-state index < -0.39 is 23.9 Å². The summed E-state index contributed by atoms with van der Waals surface area (Å²) in [6, 6.07) is 7.89. The maximum Gasteiger partial charge on any atom is 0.330 e. The smallest absolute Gasteiger partial charge is 0.330 e. The van der Waals surface area contributed by atoms with Gasteiger partial charge in [-0.2, -0.15) is 0 Å². The molecule has 1 aromatic heterocycles. The van der Waals surface area contributed by atoms with Crippen molar-refractivity contribution in [3.8, 4) is 0 Å². The monoisotopic (exact) mass is 486 g/mol. The molecule has 4 rings (SSSR count). The number of nitrogens with one attached hydrogen (secondary N) is 3. The molecule has 0 aliphatic carbocycles. The molecule has 1 saturated heterocycles. The highest BCUT2D eigenvalue weighted by Crippen LogP contribution is 2.31. The molecule has 1 fully saturated rings. The quantitative estimate of drug-likeness (QED) is 0.315. The predicted octanol–water partition coefficient (Wildman–Crippen LogP) is 3.53. The minimum absolute atomic E-state index is 0.0213. The molecule has 8 nitrogen and oxygen atoms in total. The van der Waals surface area contributed by atoms with Gasteiger partial charge in [0.05, 0.1) is 12.1 Å². The highest BCUT2D eigenvalue weighted by Gasteiger charge is 2.42. The molecule has 0 radical (unpaired) electrons. The fourth-order valence-electron chi connectivity index (χ4n) is 3.74. The van der Waals surface area contributed by atoms with Crippen molar-refractivity contribution in [3.63, 3.8) is 0 Å². The van der Waals surface area contributed by atoms with Crippen molar-refractivity contribution in [3.05, 3.63) is 75.0 Å². The summed E-state index contributed by atoms with van der Waals surface area (Å²) >= 11 is 12.1. The Morgan fingerprint density at radius 2 is 1.91 bits per heavy atom. The maximum atomic E-state index is 13.2. The van der Waals surface area contributed by atoms with Crippen molar-refractivity contribution in [2.24, 2.45) is 0 Å². The van der Waals surface area contributed by atoms with Gasteiger partial charge in [0, 0.05) is 33.7 Å². The normalized spacial score (nSPS) is 15.9. The molecule has 3 aromatic rings. The number of aryl methyl sites for hydroxylation is 1. The van der Waals surface area contributed by atoms with E-state index in [1.54, 1.807) is 42.6 Å². The molecule has 2 heterocycles. The second-order valence-electron chi connectivity index (χ2n) is 7.47. The van der Waals surface area contributed by atoms with Crippen molar-refractivity contribution < 1.29 is 19.5 Å². The molecule has 1 aliphatic rings. The van der Waals surface area contributed by atoms with Gasteiger partial charge in [-0.25, -0.2) is 9.69 Å². The van der Waals surface area contributed by atoms with Gasteiger partial charge in [-0.1, -0.05) is 41.4 Å². The lowest BCUT2D eigenvalue weighted by atomic mass is 10.0. The van der Waals surface area contributed by atoms with Gasteiger partial charge in [0.15, 0.2) is 0 Å². The van der Waals surface area contributed by atoms with Crippen molar-refractivity contribution in [1.82, 2.24) is 20.5 Å². The number of aromatic amines is 1. The number of aliphatic hydroxyl groups is 1. The molecule has 33 heavy (non-hydrogen) atoms. The largest absolute Gasteiger partial charge is 0.395 e. The lowest BCUT2D eigenvalue weighted by Crippen LogP contribution is -2.44. The Morgan fingerprint density at radius 3 is 2.61 bits per heavy atom. The van der Waals surface area contributed by atoms with Crippen LogP contribution in [-0.4, -0.2) is 46.0 Å². The molecule has 10 heteroatoms. The van der Waals surface area contributed by atoms with E-state index >= 15 is 0 Å². The Morgan fingerprint density at radius 1 is 1.18 bits per heavy atom. The first kappa shape index (κ1) is 22.8. The number of benzene rings is 2. The zero-order valence-electron chi connectivity index (χ0n) is 17.5. The number of hydrogen-bond acceptors (Lipinski definition) is 4. The Bertz CT molecular complexity index is 1280. The number of urea groups is 1. The lowest BCUT2D eigenvalue weighted by molar-refractivity contribution is -0.133. The van der Waals surface area contributed by atoms with E-state index in [2.05, 4.69) is 15.6 Å². The summed E-state index contributed by atoms with van der Waals surface area (Å²) < 4.78 is 0. The molecule has 0 spiro atoms. The lowest BCUT2D eigenvalue weighted by Gasteiger charge is -2.24. The maximum absolute atomic E-state index is 13.2. The molecule has 1 aliphatic heterocycles. The summed E-state index contributed by atoms with van der Waals surface area (Å²) in [6.07, 6.45) is 3.27. The fourth-order valence-corrected chi connectivity index (χ4v) is 4.02. The molecule has 2 aromatic carbocycles. The standard InChI is InChI=1S/C23H20Cl2N4O4/c1-12-17(25)7-6-16-14(11-27-19(12)16)10-18-22(32)29(23(33)28-18)20(21(31)26-8-9-30)13-2-4-15(24)5-3-13/h2-7,10-11,20,27,30H,8-9H2,1H3,(H,26,31)(H,28,33). The van der Waals surface area contributed by atoms with Crippen LogP contribution in [0.1, 0.15) is 22.7 Å². The van der Waals surface area contributed by atoms with E-state index in [1.165, 1.54) is 0 Å². The van der Waals surface area contributed by atoms with Crippen LogP contribution in [0.5, 0.6) is 0 Å². The molecule has 0 saturated carbocycles. The number of fused-ring (bicyclic) bond motifs is 1. The van der Waals surface area contributed by atoms with E-state index in [9.17, 15) is 14.4 Å². The zero-order valence-corrected chi connectivity index (χ0v) is 19.0. The van der Waals surface area contributed by atoms with Crippen LogP contribution in [0.2, 0.25) is 10.0 Å². The van der Waals surface area contributed by atoms with E-state index in [0.29, 0.717) is 21.2 Å². The highest BCUT2D eigenvalue weighted by atomic mass is 35.5. The zero-order chi connectivity index (χ0) is 23.7. The van der Waals surface area contributed by atoms with E-state index in [4.69, 9.17) is 28.3 Å². The molecule has 170 valence electrons. The second-order valence-corrected chi connectivity index (χ2v) is 8.31. The topological polar surface area (TPSA) is 115 Å². The van der Waals surface area contributed by atoms with Crippen LogP contribution in [-0.2, 0) is 9.59 Å². The van der Waals surface area contributed by atoms with Crippen LogP contribution in [0.15, 0.2) is 48.3 Å². The molecule has 0 bridgehead atoms. The third-order valence-electron chi connectivity index (χ3n) is 5.39. The van der Waals surface area contributed by atoms with Gasteiger partial charge >= 0.3 is 6.03 Å². The van der Waals surface area contributed by atoms with Crippen LogP contribution in [0.25, 0.3) is 17.0 Å². The molecule has 1 atom stereocenters. The van der Waals surface area contributed by atoms with Gasteiger partial charge in [0.2, 0.25) is 5.91 Å². The van der Waals surface area contributed by atoms with Gasteiger partial charge in [0.25, 0.3) is 5.91 Å². The van der Waals surface area contributed by atoms with Crippen LogP contribution in [0.4, 0.5) is 4.79 Å². The first-order valence-electron chi connectivity index (χ1n) is 10.1. The van der Waals surface area contributed by atoms with Gasteiger partial charge < -0.3 is 20.7 Å². The van der Waals surface area contributed by atoms with Crippen LogP contribution < -0.4 is 10.6 Å². The first-order chi connectivity index (χ1) is 15.8. The predicted molar refractivity (Wildman–Crippen MR) is 126 cm³/mol. The average molecular weight is 487 g/mol. The van der Waals surface area contributed by atoms with Crippen LogP contribution in [0, 0.1) is 6.92 Å². The van der Waals surface area contributed by atoms with Gasteiger partial charge in [-0.3, -0.25) is 9.59 Å². The SMILES string of the molecule is Cc1c(Cl)ccc2c(C=C3NC(=O)N(C(C(=O)NCCO)c4ccc(Cl)cc4)C3=O)c[nH]c12. The Balaban J connectivity index is 1.71. The van der Waals surface area contributed by atoms with Crippen molar-refractivity contribution in [2.75, 3.05) is 13.2 Å². The summed E-state index contributed by atoms with van der Waals surface area (Å²) in [5.41, 5.74) is 2.80. The van der Waals surface area contributed by atoms with Crippen LogP contribution in [0.3, 0.4) is 0 Å². The first-order valence-corrected chi connectivity index (χ1v) is 10.8. The number of aromatic nitrogens is 1. The molecule has 4 amide bonds. The average Bonchev–Trinajstić information content (AvgIpc) is 3.32. The summed E-state index contributed by atoms with van der Waals surface area (Å²) in [4.78, 5) is 42.9. The summed E-state index contributed by atoms with van der Waals surface area (Å²) in [5.74, 6) is -1.26. The molecule has 1 unspecified atom stereocenters. The van der Waals surface area contributed by atoms with Crippen molar-refractivity contribution >= 4 is 58.0 Å². The minimum Gasteiger partial charge on any atom is -0.395 e. The number of carbonyl (C=O) groups is 3. The summed E-state index contributed by atoms with van der Waals surface area (Å²) in [7, 11) is 0. The minimum atomic E-state index is -1.24. The van der Waals surface area contributed by atoms with E-state index in [1.807, 2.05) is 13.0 Å². The third kappa shape index (κ3) is 4.32. The Labute approximate surface area is 199 Å². The van der Waals surface area contributed by atoms with Crippen LogP contribution >= 0.6 is 23.2 Å². The van der Waals surface area contributed by atoms with Gasteiger partial charge in [-0.15, -0.1) is 0 Å². The number of amides is 4. The summed E-state index contributed by atoms with van der Waals surface area (Å²) in [6.45, 7) is 1.57. The number of halogens is 2. The highest BCUT2D eigenvalue weighted by molar-refractivity contribution is 6.32. The van der Waals surface area contributed by atoms with Gasteiger partial charge in [-0.05, 0) is 42.3 Å².